The van der Waals surface area contributed by atoms with Gasteiger partial charge in [-0.2, -0.15) is 0 Å². The predicted molar refractivity (Wildman–Crippen MR) is 151 cm³/mol. The molecule has 1 unspecified atom stereocenters. The summed E-state index contributed by atoms with van der Waals surface area (Å²) in [7, 11) is 7.93. The molecule has 1 aromatic heterocycles. The Kier molecular flexibility index (Phi) is 8.54. The zero-order valence-electron chi connectivity index (χ0n) is 22.4. The summed E-state index contributed by atoms with van der Waals surface area (Å²) in [5.74, 6) is 0.535. The Bertz CT molecular complexity index is 1130. The molecule has 0 aliphatic heterocycles. The SMILES string of the molecule is CN(C)c1cccc(N(C)C)c1NC(=O)N(Cc1ccc(O)cc1)C(c1ccccn1)C1CCCCC1. The van der Waals surface area contributed by atoms with Gasteiger partial charge in [-0.3, -0.25) is 4.98 Å². The molecule has 37 heavy (non-hydrogen) atoms. The van der Waals surface area contributed by atoms with E-state index in [-0.39, 0.29) is 17.8 Å². The van der Waals surface area contributed by atoms with Gasteiger partial charge >= 0.3 is 6.03 Å². The molecule has 2 amide bonds. The summed E-state index contributed by atoms with van der Waals surface area (Å²) in [6.07, 6.45) is 7.51. The number of nitrogens with one attached hydrogen (secondary N) is 1. The van der Waals surface area contributed by atoms with Crippen molar-refractivity contribution in [1.82, 2.24) is 9.88 Å². The van der Waals surface area contributed by atoms with Gasteiger partial charge in [0.15, 0.2) is 0 Å². The highest BCUT2D eigenvalue weighted by atomic mass is 16.3. The number of urea groups is 1. The Labute approximate surface area is 220 Å². The van der Waals surface area contributed by atoms with Crippen molar-refractivity contribution in [2.75, 3.05) is 43.3 Å². The molecule has 7 nitrogen and oxygen atoms in total. The summed E-state index contributed by atoms with van der Waals surface area (Å²) < 4.78 is 0. The first kappa shape index (κ1) is 26.3. The number of rotatable bonds is 8. The second-order valence-electron chi connectivity index (χ2n) is 10.3. The number of nitrogens with zero attached hydrogens (tertiary/aromatic N) is 4. The number of benzene rings is 2. The van der Waals surface area contributed by atoms with E-state index in [0.717, 1.165) is 54.0 Å². The smallest absolute Gasteiger partial charge is 0.322 e. The van der Waals surface area contributed by atoms with Crippen LogP contribution in [0.25, 0.3) is 0 Å². The fourth-order valence-electron chi connectivity index (χ4n) is 5.33. The normalized spacial score (nSPS) is 14.6. The monoisotopic (exact) mass is 501 g/mol. The highest BCUT2D eigenvalue weighted by Gasteiger charge is 2.35. The van der Waals surface area contributed by atoms with E-state index < -0.39 is 0 Å². The standard InChI is InChI=1S/C30H39N5O2/c1-33(2)26-14-10-15-27(34(3)4)28(26)32-30(37)35(21-22-16-18-24(36)19-17-22)29(23-11-6-5-7-12-23)25-13-8-9-20-31-25/h8-10,13-20,23,29,36H,5-7,11-12,21H2,1-4H3,(H,32,37). The number of hydrogen-bond acceptors (Lipinski definition) is 5. The molecular formula is C30H39N5O2. The third kappa shape index (κ3) is 6.34. The molecule has 1 aliphatic carbocycles. The number of carbonyl (C=O) groups is 1. The molecule has 0 radical (unpaired) electrons. The maximum atomic E-state index is 14.3. The minimum Gasteiger partial charge on any atom is -0.508 e. The van der Waals surface area contributed by atoms with Crippen LogP contribution in [0.4, 0.5) is 21.9 Å². The van der Waals surface area contributed by atoms with Gasteiger partial charge in [0.05, 0.1) is 28.8 Å². The van der Waals surface area contributed by atoms with Crippen LogP contribution in [0.3, 0.4) is 0 Å². The van der Waals surface area contributed by atoms with Crippen LogP contribution in [0.15, 0.2) is 66.9 Å². The van der Waals surface area contributed by atoms with Crippen molar-refractivity contribution >= 4 is 23.1 Å². The van der Waals surface area contributed by atoms with E-state index in [2.05, 4.69) is 5.32 Å². The molecule has 1 aliphatic rings. The maximum absolute atomic E-state index is 14.3. The number of pyridine rings is 1. The van der Waals surface area contributed by atoms with Crippen molar-refractivity contribution in [2.45, 2.75) is 44.7 Å². The van der Waals surface area contributed by atoms with E-state index in [9.17, 15) is 9.90 Å². The molecular weight excluding hydrogens is 462 g/mol. The van der Waals surface area contributed by atoms with Gasteiger partial charge in [0.2, 0.25) is 0 Å². The minimum absolute atomic E-state index is 0.160. The predicted octanol–water partition coefficient (Wildman–Crippen LogP) is 6.27. The number of para-hydroxylation sites is 1. The molecule has 1 fully saturated rings. The molecule has 1 atom stereocenters. The van der Waals surface area contributed by atoms with Gasteiger partial charge in [0, 0.05) is 40.9 Å². The van der Waals surface area contributed by atoms with Crippen molar-refractivity contribution in [2.24, 2.45) is 5.92 Å². The van der Waals surface area contributed by atoms with Crippen molar-refractivity contribution in [3.8, 4) is 5.75 Å². The van der Waals surface area contributed by atoms with Crippen molar-refractivity contribution in [3.63, 3.8) is 0 Å². The number of amides is 2. The zero-order valence-corrected chi connectivity index (χ0v) is 22.4. The molecule has 0 saturated heterocycles. The highest BCUT2D eigenvalue weighted by Crippen LogP contribution is 2.40. The fraction of sp³-hybridized carbons (Fsp3) is 0.400. The van der Waals surface area contributed by atoms with E-state index >= 15 is 0 Å². The largest absolute Gasteiger partial charge is 0.508 e. The molecule has 1 heterocycles. The molecule has 1 saturated carbocycles. The lowest BCUT2D eigenvalue weighted by Gasteiger charge is -2.39. The third-order valence-electron chi connectivity index (χ3n) is 7.19. The van der Waals surface area contributed by atoms with E-state index in [1.54, 1.807) is 12.1 Å². The Morgan fingerprint density at radius 2 is 1.57 bits per heavy atom. The van der Waals surface area contributed by atoms with Gasteiger partial charge in [0.25, 0.3) is 0 Å². The maximum Gasteiger partial charge on any atom is 0.322 e. The van der Waals surface area contributed by atoms with Crippen LogP contribution >= 0.6 is 0 Å². The topological polar surface area (TPSA) is 71.9 Å². The zero-order chi connectivity index (χ0) is 26.4. The summed E-state index contributed by atoms with van der Waals surface area (Å²) in [6, 6.07) is 18.8. The van der Waals surface area contributed by atoms with Gasteiger partial charge in [-0.15, -0.1) is 0 Å². The van der Waals surface area contributed by atoms with Gasteiger partial charge in [-0.05, 0) is 60.7 Å². The van der Waals surface area contributed by atoms with E-state index in [0.29, 0.717) is 12.5 Å². The van der Waals surface area contributed by atoms with Crippen molar-refractivity contribution in [3.05, 3.63) is 78.1 Å². The van der Waals surface area contributed by atoms with Crippen molar-refractivity contribution < 1.29 is 9.90 Å². The number of anilines is 3. The summed E-state index contributed by atoms with van der Waals surface area (Å²) >= 11 is 0. The summed E-state index contributed by atoms with van der Waals surface area (Å²) in [5.41, 5.74) is 4.53. The Morgan fingerprint density at radius 1 is 0.919 bits per heavy atom. The summed E-state index contributed by atoms with van der Waals surface area (Å²) in [4.78, 5) is 25.0. The summed E-state index contributed by atoms with van der Waals surface area (Å²) in [5, 5.41) is 13.1. The molecule has 4 rings (SSSR count). The van der Waals surface area contributed by atoms with Gasteiger partial charge < -0.3 is 25.1 Å². The lowest BCUT2D eigenvalue weighted by atomic mass is 9.81. The van der Waals surface area contributed by atoms with Crippen LogP contribution in [-0.4, -0.2) is 49.2 Å². The van der Waals surface area contributed by atoms with Gasteiger partial charge in [-0.1, -0.05) is 43.5 Å². The van der Waals surface area contributed by atoms with Crippen LogP contribution in [0.2, 0.25) is 0 Å². The minimum atomic E-state index is -0.162. The lowest BCUT2D eigenvalue weighted by molar-refractivity contribution is 0.131. The molecule has 0 spiro atoms. The quantitative estimate of drug-likeness (QED) is 0.380. The number of carbonyl (C=O) groups excluding carboxylic acids is 1. The average molecular weight is 502 g/mol. The van der Waals surface area contributed by atoms with E-state index in [1.807, 2.05) is 97.6 Å². The van der Waals surface area contributed by atoms with Crippen LogP contribution in [0.1, 0.15) is 49.4 Å². The number of aromatic nitrogens is 1. The average Bonchev–Trinajstić information content (AvgIpc) is 2.90. The van der Waals surface area contributed by atoms with E-state index in [1.165, 1.54) is 6.42 Å². The molecule has 3 aromatic rings. The first-order valence-electron chi connectivity index (χ1n) is 13.1. The Hall–Kier alpha value is -3.74. The third-order valence-corrected chi connectivity index (χ3v) is 7.19. The van der Waals surface area contributed by atoms with Gasteiger partial charge in [-0.25, -0.2) is 4.79 Å². The van der Waals surface area contributed by atoms with Crippen LogP contribution in [-0.2, 0) is 6.54 Å². The second kappa shape index (κ2) is 12.0. The van der Waals surface area contributed by atoms with E-state index in [4.69, 9.17) is 4.98 Å². The molecule has 0 bridgehead atoms. The van der Waals surface area contributed by atoms with Crippen LogP contribution < -0.4 is 15.1 Å². The molecule has 2 aromatic carbocycles. The number of phenolic OH excluding ortho intramolecular Hbond substituents is 1. The molecule has 7 heteroatoms. The second-order valence-corrected chi connectivity index (χ2v) is 10.3. The number of phenols is 1. The van der Waals surface area contributed by atoms with Crippen LogP contribution in [0, 0.1) is 5.92 Å². The van der Waals surface area contributed by atoms with Crippen LogP contribution in [0.5, 0.6) is 5.75 Å². The number of hydrogen-bond donors (Lipinski definition) is 2. The first-order chi connectivity index (χ1) is 17.8. The Morgan fingerprint density at radius 3 is 2.14 bits per heavy atom. The van der Waals surface area contributed by atoms with Crippen molar-refractivity contribution in [1.29, 1.82) is 0 Å². The molecule has 196 valence electrons. The Balaban J connectivity index is 1.78. The fourth-order valence-corrected chi connectivity index (χ4v) is 5.33. The highest BCUT2D eigenvalue weighted by molar-refractivity contribution is 5.98. The molecule has 2 N–H and O–H groups in total. The summed E-state index contributed by atoms with van der Waals surface area (Å²) in [6.45, 7) is 0.408. The lowest BCUT2D eigenvalue weighted by Crippen LogP contribution is -2.42. The first-order valence-corrected chi connectivity index (χ1v) is 13.1. The number of aromatic hydroxyl groups is 1. The van der Waals surface area contributed by atoms with Gasteiger partial charge in [0.1, 0.15) is 5.75 Å².